The van der Waals surface area contributed by atoms with E-state index in [1.54, 1.807) is 49.6 Å². The molecule has 1 amide bonds. The molecule has 0 spiro atoms. The molecule has 0 fully saturated rings. The summed E-state index contributed by atoms with van der Waals surface area (Å²) in [5, 5.41) is 3.21. The highest BCUT2D eigenvalue weighted by atomic mass is 32.2. The van der Waals surface area contributed by atoms with E-state index >= 15 is 0 Å². The van der Waals surface area contributed by atoms with Crippen molar-refractivity contribution >= 4 is 21.4 Å². The van der Waals surface area contributed by atoms with Crippen molar-refractivity contribution in [3.05, 3.63) is 84.2 Å². The number of sulfone groups is 1. The van der Waals surface area contributed by atoms with Gasteiger partial charge in [0, 0.05) is 44.3 Å². The van der Waals surface area contributed by atoms with Crippen LogP contribution in [-0.2, 0) is 19.5 Å². The Balaban J connectivity index is 1.93. The molecule has 1 atom stereocenters. The lowest BCUT2D eigenvalue weighted by atomic mass is 10.0. The number of aromatic nitrogens is 1. The largest absolute Gasteiger partial charge is 0.492 e. The van der Waals surface area contributed by atoms with Crippen LogP contribution in [0.5, 0.6) is 5.75 Å². The van der Waals surface area contributed by atoms with Gasteiger partial charge in [0.1, 0.15) is 12.4 Å². The first-order chi connectivity index (χ1) is 15.7. The second-order valence-corrected chi connectivity index (χ2v) is 9.92. The first-order valence-corrected chi connectivity index (χ1v) is 11.8. The van der Waals surface area contributed by atoms with E-state index in [1.165, 1.54) is 37.2 Å². The molecular weight excluding hydrogens is 440 g/mol. The van der Waals surface area contributed by atoms with E-state index in [1.807, 2.05) is 12.1 Å². The van der Waals surface area contributed by atoms with Gasteiger partial charge < -0.3 is 20.7 Å². The first-order valence-electron chi connectivity index (χ1n) is 10.4. The van der Waals surface area contributed by atoms with Crippen molar-refractivity contribution in [2.75, 3.05) is 32.6 Å². The van der Waals surface area contributed by atoms with Crippen LogP contribution >= 0.6 is 0 Å². The van der Waals surface area contributed by atoms with E-state index in [9.17, 15) is 13.2 Å². The maximum atomic E-state index is 13.6. The average Bonchev–Trinajstić information content (AvgIpc) is 2.81. The molecule has 1 aromatic heterocycles. The fourth-order valence-electron chi connectivity index (χ4n) is 3.39. The molecular formula is C24H28N4O4S. The molecule has 0 aliphatic carbocycles. The van der Waals surface area contributed by atoms with E-state index in [0.29, 0.717) is 24.5 Å². The zero-order valence-electron chi connectivity index (χ0n) is 18.9. The number of hydrogen-bond acceptors (Lipinski definition) is 7. The number of likely N-dealkylation sites (N-methyl/N-ethyl adjacent to an activating group) is 1. The summed E-state index contributed by atoms with van der Waals surface area (Å²) in [4.78, 5) is 16.0. The third-order valence-electron chi connectivity index (χ3n) is 5.06. The molecule has 3 N–H and O–H groups in total. The van der Waals surface area contributed by atoms with E-state index < -0.39 is 20.6 Å². The number of nitrogens with one attached hydrogen (secondary N) is 1. The number of nitrogens with zero attached hydrogens (tertiary/aromatic N) is 2. The molecule has 9 heteroatoms. The van der Waals surface area contributed by atoms with Crippen molar-refractivity contribution in [3.63, 3.8) is 0 Å². The van der Waals surface area contributed by atoms with E-state index in [2.05, 4.69) is 10.3 Å². The second-order valence-electron chi connectivity index (χ2n) is 7.80. The number of benzene rings is 2. The molecule has 3 aromatic rings. The Morgan fingerprint density at radius 3 is 2.39 bits per heavy atom. The SMILES string of the molecule is Cc1cc(OCCNc2ccncc2)cc(C(N)(C(=O)N(C)C)S(=O)(=O)c2ccccc2)c1. The van der Waals surface area contributed by atoms with Crippen LogP contribution in [0.3, 0.4) is 0 Å². The van der Waals surface area contributed by atoms with Gasteiger partial charge in [-0.05, 0) is 48.9 Å². The van der Waals surface area contributed by atoms with Gasteiger partial charge in [-0.1, -0.05) is 24.3 Å². The van der Waals surface area contributed by atoms with Gasteiger partial charge in [0.05, 0.1) is 4.90 Å². The number of nitrogens with two attached hydrogens (primary N) is 1. The third kappa shape index (κ3) is 5.15. The van der Waals surface area contributed by atoms with Crippen molar-refractivity contribution in [2.24, 2.45) is 5.73 Å². The summed E-state index contributed by atoms with van der Waals surface area (Å²) in [7, 11) is -1.33. The highest BCUT2D eigenvalue weighted by Crippen LogP contribution is 2.35. The number of rotatable bonds is 9. The normalized spacial score (nSPS) is 13.1. The fraction of sp³-hybridized carbons (Fsp3) is 0.250. The molecule has 1 unspecified atom stereocenters. The van der Waals surface area contributed by atoms with Crippen molar-refractivity contribution in [3.8, 4) is 5.75 Å². The smallest absolute Gasteiger partial charge is 0.263 e. The Kier molecular flexibility index (Phi) is 7.35. The quantitative estimate of drug-likeness (QED) is 0.464. The van der Waals surface area contributed by atoms with Gasteiger partial charge in [0.15, 0.2) is 0 Å². The number of pyridine rings is 1. The minimum atomic E-state index is -4.28. The van der Waals surface area contributed by atoms with Crippen LogP contribution in [0.15, 0.2) is 78.0 Å². The summed E-state index contributed by atoms with van der Waals surface area (Å²) in [6.45, 7) is 2.62. The van der Waals surface area contributed by atoms with E-state index in [4.69, 9.17) is 10.5 Å². The van der Waals surface area contributed by atoms with Crippen LogP contribution in [0.2, 0.25) is 0 Å². The van der Waals surface area contributed by atoms with Gasteiger partial charge in [-0.2, -0.15) is 0 Å². The van der Waals surface area contributed by atoms with Gasteiger partial charge in [-0.25, -0.2) is 8.42 Å². The Hall–Kier alpha value is -3.43. The maximum absolute atomic E-state index is 13.6. The fourth-order valence-corrected chi connectivity index (χ4v) is 5.12. The maximum Gasteiger partial charge on any atom is 0.263 e. The Morgan fingerprint density at radius 2 is 1.76 bits per heavy atom. The van der Waals surface area contributed by atoms with Crippen molar-refractivity contribution in [2.45, 2.75) is 16.7 Å². The topological polar surface area (TPSA) is 115 Å². The van der Waals surface area contributed by atoms with Gasteiger partial charge in [0.2, 0.25) is 14.7 Å². The molecule has 2 aromatic carbocycles. The first kappa shape index (κ1) is 24.2. The zero-order chi connectivity index (χ0) is 24.1. The molecule has 1 heterocycles. The van der Waals surface area contributed by atoms with E-state index in [-0.39, 0.29) is 10.5 Å². The number of amides is 1. The summed E-state index contributed by atoms with van der Waals surface area (Å²) >= 11 is 0. The van der Waals surface area contributed by atoms with Crippen molar-refractivity contribution in [1.82, 2.24) is 9.88 Å². The third-order valence-corrected chi connectivity index (χ3v) is 7.21. The van der Waals surface area contributed by atoms with E-state index in [0.717, 1.165) is 5.69 Å². The van der Waals surface area contributed by atoms with Crippen LogP contribution in [0.25, 0.3) is 0 Å². The summed E-state index contributed by atoms with van der Waals surface area (Å²) in [6, 6.07) is 16.3. The minimum Gasteiger partial charge on any atom is -0.492 e. The number of anilines is 1. The molecule has 0 saturated heterocycles. The molecule has 3 rings (SSSR count). The van der Waals surface area contributed by atoms with Crippen LogP contribution in [0.1, 0.15) is 11.1 Å². The molecule has 0 aliphatic heterocycles. The molecule has 0 aliphatic rings. The summed E-state index contributed by atoms with van der Waals surface area (Å²) < 4.78 is 33.1. The molecule has 174 valence electrons. The predicted octanol–water partition coefficient (Wildman–Crippen LogP) is 2.55. The standard InChI is InChI=1S/C24H28N4O4S/c1-18-15-19(17-21(16-18)32-14-13-27-20-9-11-26-12-10-20)24(25,23(29)28(2)3)33(30,31)22-7-5-4-6-8-22/h4-12,15-17H,13-14,25H2,1-3H3,(H,26,27). The van der Waals surface area contributed by atoms with Crippen molar-refractivity contribution < 1.29 is 17.9 Å². The Morgan fingerprint density at radius 1 is 1.09 bits per heavy atom. The Bertz CT molecular complexity index is 1200. The number of hydrogen-bond donors (Lipinski definition) is 2. The molecule has 0 bridgehead atoms. The Labute approximate surface area is 194 Å². The number of ether oxygens (including phenoxy) is 1. The van der Waals surface area contributed by atoms with Gasteiger partial charge in [0.25, 0.3) is 5.91 Å². The lowest BCUT2D eigenvalue weighted by Crippen LogP contribution is -2.56. The minimum absolute atomic E-state index is 0.0341. The number of carbonyl (C=O) groups excluding carboxylic acids is 1. The zero-order valence-corrected chi connectivity index (χ0v) is 19.7. The molecule has 33 heavy (non-hydrogen) atoms. The predicted molar refractivity (Wildman–Crippen MR) is 128 cm³/mol. The molecule has 0 radical (unpaired) electrons. The molecule has 8 nitrogen and oxygen atoms in total. The van der Waals surface area contributed by atoms with Crippen molar-refractivity contribution in [1.29, 1.82) is 0 Å². The summed E-state index contributed by atoms with van der Waals surface area (Å²) in [6.07, 6.45) is 3.37. The summed E-state index contributed by atoms with van der Waals surface area (Å²) in [5.74, 6) is -0.326. The van der Waals surface area contributed by atoms with Crippen LogP contribution in [0, 0.1) is 6.92 Å². The molecule has 0 saturated carbocycles. The number of aryl methyl sites for hydroxylation is 1. The lowest BCUT2D eigenvalue weighted by Gasteiger charge is -2.31. The number of carbonyl (C=O) groups is 1. The van der Waals surface area contributed by atoms with Gasteiger partial charge in [-0.15, -0.1) is 0 Å². The highest BCUT2D eigenvalue weighted by Gasteiger charge is 2.50. The van der Waals surface area contributed by atoms with Crippen LogP contribution in [0.4, 0.5) is 5.69 Å². The van der Waals surface area contributed by atoms with Crippen LogP contribution < -0.4 is 15.8 Å². The van der Waals surface area contributed by atoms with Gasteiger partial charge in [-0.3, -0.25) is 9.78 Å². The summed E-state index contributed by atoms with van der Waals surface area (Å²) in [5.41, 5.74) is 8.25. The highest BCUT2D eigenvalue weighted by molar-refractivity contribution is 7.93. The monoisotopic (exact) mass is 468 g/mol. The van der Waals surface area contributed by atoms with Gasteiger partial charge >= 0.3 is 0 Å². The second kappa shape index (κ2) is 10.0. The van der Waals surface area contributed by atoms with Crippen LogP contribution in [-0.4, -0.2) is 51.5 Å². The lowest BCUT2D eigenvalue weighted by molar-refractivity contribution is -0.131. The average molecular weight is 469 g/mol.